The van der Waals surface area contributed by atoms with Gasteiger partial charge in [0.05, 0.1) is 6.42 Å². The van der Waals surface area contributed by atoms with Gasteiger partial charge in [-0.1, -0.05) is 30.2 Å². The van der Waals surface area contributed by atoms with E-state index in [0.717, 1.165) is 24.9 Å². The first-order chi connectivity index (χ1) is 12.0. The van der Waals surface area contributed by atoms with Gasteiger partial charge in [-0.15, -0.1) is 0 Å². The lowest BCUT2D eigenvalue weighted by Crippen LogP contribution is -2.53. The number of hydrogen-bond acceptors (Lipinski definition) is 4. The number of carbonyl (C=O) groups is 2. The van der Waals surface area contributed by atoms with Crippen LogP contribution in [-0.2, 0) is 9.59 Å². The van der Waals surface area contributed by atoms with Crippen molar-refractivity contribution >= 4 is 23.5 Å². The van der Waals surface area contributed by atoms with Crippen LogP contribution >= 0.6 is 11.6 Å². The summed E-state index contributed by atoms with van der Waals surface area (Å²) in [7, 11) is 0. The van der Waals surface area contributed by atoms with Crippen molar-refractivity contribution in [3.63, 3.8) is 0 Å². The lowest BCUT2D eigenvalue weighted by molar-refractivity contribution is -0.137. The van der Waals surface area contributed by atoms with Crippen LogP contribution in [0.2, 0.25) is 5.02 Å². The third-order valence-corrected chi connectivity index (χ3v) is 5.46. The van der Waals surface area contributed by atoms with Crippen molar-refractivity contribution < 1.29 is 14.7 Å². The van der Waals surface area contributed by atoms with Gasteiger partial charge in [0.1, 0.15) is 0 Å². The van der Waals surface area contributed by atoms with E-state index in [1.165, 1.54) is 6.42 Å². The fourth-order valence-electron chi connectivity index (χ4n) is 3.95. The van der Waals surface area contributed by atoms with Gasteiger partial charge in [-0.25, -0.2) is 0 Å². The summed E-state index contributed by atoms with van der Waals surface area (Å²) in [5.41, 5.74) is 7.26. The zero-order valence-corrected chi connectivity index (χ0v) is 14.8. The predicted octanol–water partition coefficient (Wildman–Crippen LogP) is 2.05. The largest absolute Gasteiger partial charge is 0.481 e. The molecule has 0 radical (unpaired) electrons. The third-order valence-electron chi connectivity index (χ3n) is 5.20. The molecule has 1 aliphatic carbocycles. The first-order valence-electron chi connectivity index (χ1n) is 8.78. The minimum atomic E-state index is -0.910. The van der Waals surface area contributed by atoms with E-state index in [0.29, 0.717) is 10.9 Å². The van der Waals surface area contributed by atoms with Crippen LogP contribution < -0.4 is 16.2 Å². The highest BCUT2D eigenvalue weighted by molar-refractivity contribution is 6.30. The highest BCUT2D eigenvalue weighted by Gasteiger charge is 2.37. The molecule has 1 saturated carbocycles. The number of amides is 1. The van der Waals surface area contributed by atoms with Gasteiger partial charge in [-0.3, -0.25) is 20.4 Å². The number of carbonyl (C=O) groups excluding carboxylic acids is 1. The maximum absolute atomic E-state index is 12.6. The summed E-state index contributed by atoms with van der Waals surface area (Å²) in [6, 6.07) is 7.39. The van der Waals surface area contributed by atoms with E-state index in [-0.39, 0.29) is 36.8 Å². The first kappa shape index (κ1) is 18.2. The summed E-state index contributed by atoms with van der Waals surface area (Å²) in [5.74, 6) is -0.818. The molecule has 1 aromatic rings. The Labute approximate surface area is 152 Å². The average Bonchev–Trinajstić information content (AvgIpc) is 3.04. The van der Waals surface area contributed by atoms with E-state index < -0.39 is 5.97 Å². The Morgan fingerprint density at radius 3 is 2.72 bits per heavy atom. The number of benzene rings is 1. The molecular weight excluding hydrogens is 342 g/mol. The summed E-state index contributed by atoms with van der Waals surface area (Å²) >= 11 is 5.90. The van der Waals surface area contributed by atoms with Crippen LogP contribution in [0.25, 0.3) is 0 Å². The van der Waals surface area contributed by atoms with Crippen LogP contribution in [0.1, 0.15) is 43.6 Å². The molecule has 2 fully saturated rings. The molecule has 4 atom stereocenters. The van der Waals surface area contributed by atoms with Crippen molar-refractivity contribution in [3.8, 4) is 0 Å². The molecule has 2 aliphatic rings. The molecule has 1 heterocycles. The van der Waals surface area contributed by atoms with Gasteiger partial charge >= 0.3 is 5.97 Å². The fourth-order valence-corrected chi connectivity index (χ4v) is 4.07. The highest BCUT2D eigenvalue weighted by Crippen LogP contribution is 2.28. The Morgan fingerprint density at radius 2 is 2.00 bits per heavy atom. The number of nitrogens with one attached hydrogen (secondary N) is 3. The van der Waals surface area contributed by atoms with Crippen molar-refractivity contribution in [2.75, 3.05) is 6.54 Å². The number of aliphatic carboxylic acids is 1. The summed E-state index contributed by atoms with van der Waals surface area (Å²) in [5, 5.41) is 12.9. The van der Waals surface area contributed by atoms with Crippen LogP contribution in [0, 0.1) is 5.92 Å². The average molecular weight is 366 g/mol. The van der Waals surface area contributed by atoms with E-state index in [1.807, 2.05) is 0 Å². The Balaban J connectivity index is 1.63. The van der Waals surface area contributed by atoms with Gasteiger partial charge in [0.2, 0.25) is 5.91 Å². The van der Waals surface area contributed by atoms with Crippen LogP contribution in [0.5, 0.6) is 0 Å². The molecule has 1 aliphatic heterocycles. The second-order valence-electron chi connectivity index (χ2n) is 6.97. The van der Waals surface area contributed by atoms with Gasteiger partial charge < -0.3 is 10.4 Å². The van der Waals surface area contributed by atoms with Gasteiger partial charge in [0.25, 0.3) is 0 Å². The Kier molecular flexibility index (Phi) is 5.93. The Morgan fingerprint density at radius 1 is 1.24 bits per heavy atom. The van der Waals surface area contributed by atoms with Gasteiger partial charge in [0, 0.05) is 36.0 Å². The summed E-state index contributed by atoms with van der Waals surface area (Å²) in [6.45, 7) is 0.934. The molecule has 6 nitrogen and oxygen atoms in total. The first-order valence-corrected chi connectivity index (χ1v) is 9.15. The highest BCUT2D eigenvalue weighted by atomic mass is 35.5. The van der Waals surface area contributed by atoms with E-state index in [9.17, 15) is 14.7 Å². The molecule has 1 saturated heterocycles. The van der Waals surface area contributed by atoms with Crippen molar-refractivity contribution in [1.29, 1.82) is 0 Å². The van der Waals surface area contributed by atoms with E-state index in [4.69, 9.17) is 11.6 Å². The Hall–Kier alpha value is -1.63. The van der Waals surface area contributed by atoms with Gasteiger partial charge in [-0.2, -0.15) is 0 Å². The molecule has 25 heavy (non-hydrogen) atoms. The molecule has 4 N–H and O–H groups in total. The van der Waals surface area contributed by atoms with Crippen molar-refractivity contribution in [3.05, 3.63) is 34.9 Å². The molecule has 3 rings (SSSR count). The maximum Gasteiger partial charge on any atom is 0.303 e. The predicted molar refractivity (Wildman–Crippen MR) is 95.3 cm³/mol. The molecule has 1 amide bonds. The smallest absolute Gasteiger partial charge is 0.303 e. The summed E-state index contributed by atoms with van der Waals surface area (Å²) < 4.78 is 0. The quantitative estimate of drug-likeness (QED) is 0.619. The second kappa shape index (κ2) is 8.17. The number of rotatable bonds is 6. The van der Waals surface area contributed by atoms with Crippen molar-refractivity contribution in [2.24, 2.45) is 5.92 Å². The molecular formula is C18H24ClN3O3. The number of halogens is 1. The third kappa shape index (κ3) is 4.71. The number of fused-ring (bicyclic) bond motifs is 1. The van der Waals surface area contributed by atoms with Gasteiger partial charge in [0.15, 0.2) is 0 Å². The van der Waals surface area contributed by atoms with Gasteiger partial charge in [-0.05, 0) is 36.5 Å². The molecule has 7 heteroatoms. The molecule has 136 valence electrons. The molecule has 0 aromatic heterocycles. The van der Waals surface area contributed by atoms with E-state index in [2.05, 4.69) is 16.2 Å². The van der Waals surface area contributed by atoms with E-state index >= 15 is 0 Å². The standard InChI is InChI=1S/C18H24ClN3O3/c19-14-6-4-11(5-7-14)13(9-17(24)25)8-16(23)21-15-3-1-2-12-10-20-22-18(12)15/h4-7,12-13,15,18,20,22H,1-3,8-10H2,(H,21,23)(H,24,25). The SMILES string of the molecule is O=C(O)CC(CC(=O)NC1CCCC2CNNC21)c1ccc(Cl)cc1. The molecule has 0 bridgehead atoms. The number of hydrazine groups is 1. The van der Waals surface area contributed by atoms with Crippen LogP contribution in [-0.4, -0.2) is 35.6 Å². The van der Waals surface area contributed by atoms with Crippen molar-refractivity contribution in [2.45, 2.75) is 50.1 Å². The monoisotopic (exact) mass is 365 g/mol. The number of carboxylic acid groups (broad SMARTS) is 1. The van der Waals surface area contributed by atoms with Crippen molar-refractivity contribution in [1.82, 2.24) is 16.2 Å². The minimum absolute atomic E-state index is 0.0778. The topological polar surface area (TPSA) is 90.5 Å². The zero-order valence-electron chi connectivity index (χ0n) is 14.0. The minimum Gasteiger partial charge on any atom is -0.481 e. The van der Waals surface area contributed by atoms with E-state index in [1.54, 1.807) is 24.3 Å². The number of hydrogen-bond donors (Lipinski definition) is 4. The summed E-state index contributed by atoms with van der Waals surface area (Å²) in [6.07, 6.45) is 3.31. The fraction of sp³-hybridized carbons (Fsp3) is 0.556. The Bertz CT molecular complexity index is 622. The number of carboxylic acids is 1. The van der Waals surface area contributed by atoms with Crippen LogP contribution in [0.15, 0.2) is 24.3 Å². The zero-order chi connectivity index (χ0) is 17.8. The molecule has 1 aromatic carbocycles. The molecule has 4 unspecified atom stereocenters. The van der Waals surface area contributed by atoms with Crippen LogP contribution in [0.3, 0.4) is 0 Å². The lowest BCUT2D eigenvalue weighted by atomic mass is 9.82. The maximum atomic E-state index is 12.6. The molecule has 0 spiro atoms. The second-order valence-corrected chi connectivity index (χ2v) is 7.40. The summed E-state index contributed by atoms with van der Waals surface area (Å²) in [4.78, 5) is 23.7. The van der Waals surface area contributed by atoms with Crippen LogP contribution in [0.4, 0.5) is 0 Å². The normalized spacial score (nSPS) is 26.7. The lowest BCUT2D eigenvalue weighted by Gasteiger charge is -2.33.